The predicted octanol–water partition coefficient (Wildman–Crippen LogP) is 2.51. The van der Waals surface area contributed by atoms with Gasteiger partial charge in [0, 0.05) is 19.2 Å². The first-order chi connectivity index (χ1) is 12.1. The third-order valence-electron chi connectivity index (χ3n) is 4.22. The summed E-state index contributed by atoms with van der Waals surface area (Å²) in [7, 11) is 1.56. The van der Waals surface area contributed by atoms with Gasteiger partial charge in [0.25, 0.3) is 5.91 Å². The second kappa shape index (κ2) is 7.44. The molecule has 0 aromatic heterocycles. The second-order valence-corrected chi connectivity index (χ2v) is 5.85. The molecule has 2 amide bonds. The standard InChI is InChI=1S/C19H19FN2O3/c1-25-12-13-6-2-3-7-14(13)18(23)21-16-10-11-22(19(16)24)17-9-5-4-8-15(17)20/h2-9,16H,10-12H2,1H3,(H,21,23)/t16-/m1/s1. The quantitative estimate of drug-likeness (QED) is 0.908. The number of ether oxygens (including phenoxy) is 1. The molecule has 1 N–H and O–H groups in total. The maximum absolute atomic E-state index is 13.9. The Labute approximate surface area is 145 Å². The van der Waals surface area contributed by atoms with Crippen LogP contribution in [0.5, 0.6) is 0 Å². The van der Waals surface area contributed by atoms with E-state index in [9.17, 15) is 14.0 Å². The van der Waals surface area contributed by atoms with Crippen LogP contribution in [0.4, 0.5) is 10.1 Å². The van der Waals surface area contributed by atoms with Gasteiger partial charge >= 0.3 is 0 Å². The Morgan fingerprint density at radius 1 is 1.24 bits per heavy atom. The molecule has 0 bridgehead atoms. The van der Waals surface area contributed by atoms with Gasteiger partial charge in [-0.3, -0.25) is 9.59 Å². The smallest absolute Gasteiger partial charge is 0.252 e. The summed E-state index contributed by atoms with van der Waals surface area (Å²) in [6.07, 6.45) is 0.436. The number of anilines is 1. The number of nitrogens with one attached hydrogen (secondary N) is 1. The molecule has 1 aliphatic rings. The lowest BCUT2D eigenvalue weighted by Gasteiger charge is -2.18. The number of methoxy groups -OCH3 is 1. The van der Waals surface area contributed by atoms with Gasteiger partial charge in [-0.25, -0.2) is 4.39 Å². The van der Waals surface area contributed by atoms with Gasteiger partial charge in [0.2, 0.25) is 5.91 Å². The summed E-state index contributed by atoms with van der Waals surface area (Å²) in [5.41, 5.74) is 1.46. The molecule has 0 radical (unpaired) electrons. The molecule has 6 heteroatoms. The minimum absolute atomic E-state index is 0.240. The number of carbonyl (C=O) groups is 2. The van der Waals surface area contributed by atoms with E-state index in [-0.39, 0.29) is 17.5 Å². The van der Waals surface area contributed by atoms with Crippen molar-refractivity contribution < 1.29 is 18.7 Å². The molecule has 5 nitrogen and oxygen atoms in total. The number of rotatable bonds is 5. The molecule has 3 rings (SSSR count). The lowest BCUT2D eigenvalue weighted by molar-refractivity contribution is -0.118. The summed E-state index contributed by atoms with van der Waals surface area (Å²) < 4.78 is 19.0. The van der Waals surface area contributed by atoms with Crippen molar-refractivity contribution in [2.24, 2.45) is 0 Å². The number of carbonyl (C=O) groups excluding carboxylic acids is 2. The van der Waals surface area contributed by atoms with E-state index < -0.39 is 11.9 Å². The predicted molar refractivity (Wildman–Crippen MR) is 91.8 cm³/mol. The van der Waals surface area contributed by atoms with Crippen LogP contribution in [0, 0.1) is 5.82 Å². The van der Waals surface area contributed by atoms with E-state index in [1.54, 1.807) is 43.5 Å². The summed E-state index contributed by atoms with van der Waals surface area (Å²) >= 11 is 0. The molecular weight excluding hydrogens is 323 g/mol. The molecule has 1 fully saturated rings. The molecule has 2 aromatic rings. The van der Waals surface area contributed by atoms with Crippen LogP contribution in [-0.2, 0) is 16.1 Å². The van der Waals surface area contributed by atoms with Crippen LogP contribution in [0.15, 0.2) is 48.5 Å². The molecule has 0 saturated carbocycles. The van der Waals surface area contributed by atoms with E-state index in [2.05, 4.69) is 5.32 Å². The summed E-state index contributed by atoms with van der Waals surface area (Å²) in [6, 6.07) is 12.5. The minimum atomic E-state index is -0.664. The van der Waals surface area contributed by atoms with E-state index in [1.807, 2.05) is 6.07 Å². The van der Waals surface area contributed by atoms with Gasteiger partial charge in [0.05, 0.1) is 12.3 Å². The molecule has 2 aromatic carbocycles. The molecule has 25 heavy (non-hydrogen) atoms. The van der Waals surface area contributed by atoms with Crippen LogP contribution < -0.4 is 10.2 Å². The molecule has 0 aliphatic carbocycles. The number of nitrogens with zero attached hydrogens (tertiary/aromatic N) is 1. The van der Waals surface area contributed by atoms with Crippen molar-refractivity contribution >= 4 is 17.5 Å². The Morgan fingerprint density at radius 2 is 1.96 bits per heavy atom. The van der Waals surface area contributed by atoms with Crippen LogP contribution in [0.2, 0.25) is 0 Å². The van der Waals surface area contributed by atoms with Crippen LogP contribution in [0.25, 0.3) is 0 Å². The summed E-state index contributed by atoms with van der Waals surface area (Å²) in [5.74, 6) is -1.09. The van der Waals surface area contributed by atoms with Crippen LogP contribution in [0.1, 0.15) is 22.3 Å². The van der Waals surface area contributed by atoms with E-state index in [0.29, 0.717) is 25.1 Å². The molecule has 0 unspecified atom stereocenters. The van der Waals surface area contributed by atoms with Crippen molar-refractivity contribution in [3.63, 3.8) is 0 Å². The van der Waals surface area contributed by atoms with Crippen molar-refractivity contribution in [1.29, 1.82) is 0 Å². The third kappa shape index (κ3) is 3.53. The fourth-order valence-electron chi connectivity index (χ4n) is 2.98. The van der Waals surface area contributed by atoms with Gasteiger partial charge in [-0.1, -0.05) is 30.3 Å². The molecule has 1 atom stereocenters. The SMILES string of the molecule is COCc1ccccc1C(=O)N[C@@H]1CCN(c2ccccc2F)C1=O. The molecular formula is C19H19FN2O3. The summed E-state index contributed by atoms with van der Waals surface area (Å²) in [6.45, 7) is 0.675. The number of halogens is 1. The first-order valence-electron chi connectivity index (χ1n) is 8.05. The molecule has 1 saturated heterocycles. The normalized spacial score (nSPS) is 17.0. The number of benzene rings is 2. The van der Waals surface area contributed by atoms with Gasteiger partial charge in [0.15, 0.2) is 0 Å². The Morgan fingerprint density at radius 3 is 2.72 bits per heavy atom. The summed E-state index contributed by atoms with van der Waals surface area (Å²) in [5, 5.41) is 2.75. The fourth-order valence-corrected chi connectivity index (χ4v) is 2.98. The Bertz CT molecular complexity index is 794. The number of hydrogen-bond donors (Lipinski definition) is 1. The van der Waals surface area contributed by atoms with Crippen molar-refractivity contribution in [3.05, 3.63) is 65.5 Å². The maximum Gasteiger partial charge on any atom is 0.252 e. The van der Waals surface area contributed by atoms with Crippen molar-refractivity contribution in [2.75, 3.05) is 18.6 Å². The Balaban J connectivity index is 1.73. The number of amides is 2. The number of hydrogen-bond acceptors (Lipinski definition) is 3. The lowest BCUT2D eigenvalue weighted by Crippen LogP contribution is -2.42. The van der Waals surface area contributed by atoms with E-state index >= 15 is 0 Å². The van der Waals surface area contributed by atoms with Gasteiger partial charge in [-0.15, -0.1) is 0 Å². The summed E-state index contributed by atoms with van der Waals surface area (Å²) in [4.78, 5) is 26.5. The van der Waals surface area contributed by atoms with E-state index in [1.165, 1.54) is 11.0 Å². The zero-order valence-electron chi connectivity index (χ0n) is 13.9. The Kier molecular flexibility index (Phi) is 5.09. The van der Waals surface area contributed by atoms with Crippen molar-refractivity contribution in [1.82, 2.24) is 5.32 Å². The van der Waals surface area contributed by atoms with Crippen molar-refractivity contribution in [3.8, 4) is 0 Å². The van der Waals surface area contributed by atoms with Crippen molar-refractivity contribution in [2.45, 2.75) is 19.1 Å². The highest BCUT2D eigenvalue weighted by Crippen LogP contribution is 2.24. The largest absolute Gasteiger partial charge is 0.380 e. The zero-order valence-corrected chi connectivity index (χ0v) is 13.9. The number of para-hydroxylation sites is 1. The average Bonchev–Trinajstić information content (AvgIpc) is 2.97. The first-order valence-corrected chi connectivity index (χ1v) is 8.05. The topological polar surface area (TPSA) is 58.6 Å². The molecule has 1 aliphatic heterocycles. The highest BCUT2D eigenvalue weighted by Gasteiger charge is 2.35. The minimum Gasteiger partial charge on any atom is -0.380 e. The van der Waals surface area contributed by atoms with Crippen LogP contribution >= 0.6 is 0 Å². The van der Waals surface area contributed by atoms with Crippen LogP contribution in [0.3, 0.4) is 0 Å². The zero-order chi connectivity index (χ0) is 17.8. The van der Waals surface area contributed by atoms with E-state index in [4.69, 9.17) is 4.74 Å². The van der Waals surface area contributed by atoms with Crippen LogP contribution in [-0.4, -0.2) is 31.5 Å². The fraction of sp³-hybridized carbons (Fsp3) is 0.263. The second-order valence-electron chi connectivity index (χ2n) is 5.85. The molecule has 130 valence electrons. The highest BCUT2D eigenvalue weighted by molar-refractivity contribution is 6.04. The van der Waals surface area contributed by atoms with E-state index in [0.717, 1.165) is 5.56 Å². The van der Waals surface area contributed by atoms with Gasteiger partial charge in [0.1, 0.15) is 11.9 Å². The molecule has 0 spiro atoms. The monoisotopic (exact) mass is 342 g/mol. The first kappa shape index (κ1) is 17.1. The maximum atomic E-state index is 13.9. The highest BCUT2D eigenvalue weighted by atomic mass is 19.1. The molecule has 1 heterocycles. The average molecular weight is 342 g/mol. The Hall–Kier alpha value is -2.73. The van der Waals surface area contributed by atoms with Gasteiger partial charge < -0.3 is 15.0 Å². The van der Waals surface area contributed by atoms with Gasteiger partial charge in [-0.2, -0.15) is 0 Å². The lowest BCUT2D eigenvalue weighted by atomic mass is 10.1. The van der Waals surface area contributed by atoms with Gasteiger partial charge in [-0.05, 0) is 30.2 Å². The third-order valence-corrected chi connectivity index (χ3v) is 4.22.